The van der Waals surface area contributed by atoms with Gasteiger partial charge in [-0.2, -0.15) is 0 Å². The second-order valence-electron chi connectivity index (χ2n) is 4.14. The van der Waals surface area contributed by atoms with Crippen molar-refractivity contribution in [1.29, 1.82) is 0 Å². The third kappa shape index (κ3) is 5.84. The van der Waals surface area contributed by atoms with Crippen LogP contribution >= 0.6 is 39.9 Å². The number of aliphatic imine (C=N–C) groups is 1. The SMILES string of the molecule is I.NC(=NCCOc1ccc(Br)cc1)N1CCOCC1. The summed E-state index contributed by atoms with van der Waals surface area (Å²) in [5, 5.41) is 0. The molecule has 0 spiro atoms. The first-order chi connectivity index (χ1) is 9.25. The molecule has 0 bridgehead atoms. The number of ether oxygens (including phenoxy) is 2. The zero-order valence-corrected chi connectivity index (χ0v) is 15.0. The zero-order valence-electron chi connectivity index (χ0n) is 11.1. The minimum Gasteiger partial charge on any atom is -0.492 e. The Labute approximate surface area is 144 Å². The van der Waals surface area contributed by atoms with E-state index in [2.05, 4.69) is 20.9 Å². The number of halogens is 2. The Morgan fingerprint density at radius 3 is 2.60 bits per heavy atom. The summed E-state index contributed by atoms with van der Waals surface area (Å²) in [6, 6.07) is 7.72. The molecule has 112 valence electrons. The molecule has 2 rings (SSSR count). The molecule has 1 saturated heterocycles. The Balaban J connectivity index is 0.00000200. The smallest absolute Gasteiger partial charge is 0.191 e. The summed E-state index contributed by atoms with van der Waals surface area (Å²) in [5.74, 6) is 1.41. The minimum atomic E-state index is 0. The van der Waals surface area contributed by atoms with Crippen LogP contribution in [0.2, 0.25) is 0 Å². The number of benzene rings is 1. The molecule has 1 fully saturated rings. The molecule has 20 heavy (non-hydrogen) atoms. The number of hydrogen-bond acceptors (Lipinski definition) is 3. The highest BCUT2D eigenvalue weighted by Gasteiger charge is 2.11. The van der Waals surface area contributed by atoms with E-state index >= 15 is 0 Å². The van der Waals surface area contributed by atoms with Crippen LogP contribution in [0, 0.1) is 0 Å². The number of nitrogens with two attached hydrogens (primary N) is 1. The van der Waals surface area contributed by atoms with Gasteiger partial charge in [-0.05, 0) is 24.3 Å². The van der Waals surface area contributed by atoms with Crippen LogP contribution in [0.1, 0.15) is 0 Å². The molecule has 0 aliphatic carbocycles. The largest absolute Gasteiger partial charge is 0.492 e. The summed E-state index contributed by atoms with van der Waals surface area (Å²) in [5.41, 5.74) is 5.91. The van der Waals surface area contributed by atoms with Crippen molar-refractivity contribution in [3.05, 3.63) is 28.7 Å². The Bertz CT molecular complexity index is 422. The second kappa shape index (κ2) is 9.41. The highest BCUT2D eigenvalue weighted by molar-refractivity contribution is 14.0. The van der Waals surface area contributed by atoms with Crippen LogP contribution in [0.5, 0.6) is 5.75 Å². The summed E-state index contributed by atoms with van der Waals surface area (Å²) in [4.78, 5) is 6.34. The van der Waals surface area contributed by atoms with Gasteiger partial charge in [-0.3, -0.25) is 0 Å². The number of morpholine rings is 1. The fourth-order valence-corrected chi connectivity index (χ4v) is 2.01. The van der Waals surface area contributed by atoms with Gasteiger partial charge in [0.1, 0.15) is 12.4 Å². The van der Waals surface area contributed by atoms with Crippen LogP contribution in [0.15, 0.2) is 33.7 Å². The van der Waals surface area contributed by atoms with E-state index in [4.69, 9.17) is 15.2 Å². The number of nitrogens with zero attached hydrogens (tertiary/aromatic N) is 2. The lowest BCUT2D eigenvalue weighted by Gasteiger charge is -2.27. The third-order valence-corrected chi connectivity index (χ3v) is 3.31. The molecule has 1 aromatic rings. The lowest BCUT2D eigenvalue weighted by Crippen LogP contribution is -2.45. The van der Waals surface area contributed by atoms with Crippen LogP contribution in [-0.4, -0.2) is 50.3 Å². The molecule has 0 saturated carbocycles. The number of rotatable bonds is 4. The van der Waals surface area contributed by atoms with E-state index in [1.807, 2.05) is 29.2 Å². The molecule has 2 N–H and O–H groups in total. The summed E-state index contributed by atoms with van der Waals surface area (Å²) in [7, 11) is 0. The third-order valence-electron chi connectivity index (χ3n) is 2.78. The van der Waals surface area contributed by atoms with Crippen LogP contribution in [0.3, 0.4) is 0 Å². The van der Waals surface area contributed by atoms with Gasteiger partial charge in [-0.25, -0.2) is 4.99 Å². The van der Waals surface area contributed by atoms with E-state index in [9.17, 15) is 0 Å². The molecular weight excluding hydrogens is 437 g/mol. The van der Waals surface area contributed by atoms with Gasteiger partial charge in [0, 0.05) is 17.6 Å². The van der Waals surface area contributed by atoms with Gasteiger partial charge in [0.15, 0.2) is 5.96 Å². The molecule has 7 heteroatoms. The molecule has 0 amide bonds. The van der Waals surface area contributed by atoms with Crippen molar-refractivity contribution in [3.8, 4) is 5.75 Å². The first-order valence-electron chi connectivity index (χ1n) is 6.27. The van der Waals surface area contributed by atoms with Gasteiger partial charge < -0.3 is 20.1 Å². The van der Waals surface area contributed by atoms with Crippen molar-refractivity contribution in [3.63, 3.8) is 0 Å². The Morgan fingerprint density at radius 2 is 1.95 bits per heavy atom. The zero-order chi connectivity index (χ0) is 13.5. The Kier molecular flexibility index (Phi) is 8.24. The summed E-state index contributed by atoms with van der Waals surface area (Å²) in [6.45, 7) is 4.12. The van der Waals surface area contributed by atoms with Crippen LogP contribution in [0.25, 0.3) is 0 Å². The molecule has 0 unspecified atom stereocenters. The molecule has 1 heterocycles. The standard InChI is InChI=1S/C13H18BrN3O2.HI/c14-11-1-3-12(4-2-11)19-8-5-16-13(15)17-6-9-18-10-7-17;/h1-4H,5-10H2,(H2,15,16);1H. The first-order valence-corrected chi connectivity index (χ1v) is 7.06. The van der Waals surface area contributed by atoms with Gasteiger partial charge in [0.05, 0.1) is 19.8 Å². The first kappa shape index (κ1) is 17.5. The van der Waals surface area contributed by atoms with Crippen molar-refractivity contribution < 1.29 is 9.47 Å². The quantitative estimate of drug-likeness (QED) is 0.327. The normalized spacial score (nSPS) is 15.7. The molecule has 0 radical (unpaired) electrons. The monoisotopic (exact) mass is 455 g/mol. The van der Waals surface area contributed by atoms with E-state index in [-0.39, 0.29) is 24.0 Å². The second-order valence-corrected chi connectivity index (χ2v) is 5.06. The van der Waals surface area contributed by atoms with Crippen molar-refractivity contribution in [2.45, 2.75) is 0 Å². The molecule has 0 atom stereocenters. The Hall–Kier alpha value is -0.540. The van der Waals surface area contributed by atoms with E-state index in [0.29, 0.717) is 32.3 Å². The minimum absolute atomic E-state index is 0. The van der Waals surface area contributed by atoms with Crippen molar-refractivity contribution in [2.24, 2.45) is 10.7 Å². The fourth-order valence-electron chi connectivity index (χ4n) is 1.75. The Morgan fingerprint density at radius 1 is 1.30 bits per heavy atom. The molecular formula is C13H19BrIN3O2. The lowest BCUT2D eigenvalue weighted by atomic mass is 10.3. The lowest BCUT2D eigenvalue weighted by molar-refractivity contribution is 0.0674. The van der Waals surface area contributed by atoms with Gasteiger partial charge in [0.2, 0.25) is 0 Å². The topological polar surface area (TPSA) is 60.1 Å². The summed E-state index contributed by atoms with van der Waals surface area (Å²) in [6.07, 6.45) is 0. The van der Waals surface area contributed by atoms with Crippen molar-refractivity contribution >= 4 is 45.9 Å². The predicted octanol–water partition coefficient (Wildman–Crippen LogP) is 2.09. The van der Waals surface area contributed by atoms with Crippen LogP contribution < -0.4 is 10.5 Å². The van der Waals surface area contributed by atoms with Crippen LogP contribution in [0.4, 0.5) is 0 Å². The van der Waals surface area contributed by atoms with Crippen LogP contribution in [-0.2, 0) is 4.74 Å². The molecule has 1 aliphatic rings. The predicted molar refractivity (Wildman–Crippen MR) is 93.9 cm³/mol. The number of hydrogen-bond donors (Lipinski definition) is 1. The average Bonchev–Trinajstić information content (AvgIpc) is 2.46. The molecule has 5 nitrogen and oxygen atoms in total. The van der Waals surface area contributed by atoms with Gasteiger partial charge in [0.25, 0.3) is 0 Å². The van der Waals surface area contributed by atoms with Crippen molar-refractivity contribution in [2.75, 3.05) is 39.5 Å². The van der Waals surface area contributed by atoms with Crippen molar-refractivity contribution in [1.82, 2.24) is 4.90 Å². The van der Waals surface area contributed by atoms with Gasteiger partial charge in [-0.1, -0.05) is 15.9 Å². The van der Waals surface area contributed by atoms with E-state index < -0.39 is 0 Å². The van der Waals surface area contributed by atoms with E-state index in [0.717, 1.165) is 23.3 Å². The maximum atomic E-state index is 5.91. The summed E-state index contributed by atoms with van der Waals surface area (Å²) < 4.78 is 11.9. The maximum Gasteiger partial charge on any atom is 0.191 e. The van der Waals surface area contributed by atoms with Gasteiger partial charge >= 0.3 is 0 Å². The fraction of sp³-hybridized carbons (Fsp3) is 0.462. The highest BCUT2D eigenvalue weighted by Crippen LogP contribution is 2.15. The summed E-state index contributed by atoms with van der Waals surface area (Å²) >= 11 is 3.38. The van der Waals surface area contributed by atoms with E-state index in [1.54, 1.807) is 0 Å². The molecule has 1 aromatic carbocycles. The number of guanidine groups is 1. The molecule has 1 aliphatic heterocycles. The van der Waals surface area contributed by atoms with E-state index in [1.165, 1.54) is 0 Å². The average molecular weight is 456 g/mol. The molecule has 0 aromatic heterocycles. The van der Waals surface area contributed by atoms with Gasteiger partial charge in [-0.15, -0.1) is 24.0 Å². The highest BCUT2D eigenvalue weighted by atomic mass is 127. The maximum absolute atomic E-state index is 5.91.